The molecule has 8 heteroatoms. The Morgan fingerprint density at radius 1 is 1.18 bits per heavy atom. The van der Waals surface area contributed by atoms with Crippen LogP contribution in [-0.2, 0) is 17.6 Å². The molecule has 0 radical (unpaired) electrons. The zero-order chi connectivity index (χ0) is 12.7. The first-order valence-corrected chi connectivity index (χ1v) is 5.56. The van der Waals surface area contributed by atoms with Crippen molar-refractivity contribution >= 4 is 11.6 Å². The first-order valence-electron chi connectivity index (χ1n) is 5.03. The maximum atomic E-state index is 11.7. The van der Waals surface area contributed by atoms with Crippen LogP contribution in [0.5, 0.6) is 0 Å². The minimum atomic E-state index is -4.31. The number of ether oxygens (including phenoxy) is 1. The third kappa shape index (κ3) is 6.48. The highest BCUT2D eigenvalue weighted by molar-refractivity contribution is 6.17. The third-order valence-electron chi connectivity index (χ3n) is 1.76. The number of aryl methyl sites for hydroxylation is 1. The molecule has 0 unspecified atom stereocenters. The van der Waals surface area contributed by atoms with Crippen molar-refractivity contribution in [1.82, 2.24) is 10.2 Å². The normalized spacial score (nSPS) is 12.0. The molecule has 17 heavy (non-hydrogen) atoms. The fraction of sp³-hybridized carbons (Fsp3) is 0.778. The molecular weight excluding hydrogens is 261 g/mol. The van der Waals surface area contributed by atoms with Gasteiger partial charge in [-0.25, -0.2) is 0 Å². The van der Waals surface area contributed by atoms with Crippen molar-refractivity contribution in [3.8, 4) is 0 Å². The van der Waals surface area contributed by atoms with Gasteiger partial charge in [-0.05, 0) is 6.42 Å². The van der Waals surface area contributed by atoms with Crippen LogP contribution in [-0.4, -0.2) is 35.5 Å². The summed E-state index contributed by atoms with van der Waals surface area (Å²) in [5.74, 6) is 1.21. The van der Waals surface area contributed by atoms with Crippen LogP contribution in [0.1, 0.15) is 18.2 Å². The summed E-state index contributed by atoms with van der Waals surface area (Å²) >= 11 is 5.49. The number of alkyl halides is 4. The molecular formula is C9H12ClF3N2O2. The SMILES string of the molecule is FC(F)(F)COCCc1nnc(CCCCl)o1. The van der Waals surface area contributed by atoms with Gasteiger partial charge in [0.2, 0.25) is 11.8 Å². The molecule has 0 bridgehead atoms. The smallest absolute Gasteiger partial charge is 0.411 e. The van der Waals surface area contributed by atoms with Gasteiger partial charge in [-0.15, -0.1) is 21.8 Å². The van der Waals surface area contributed by atoms with Crippen LogP contribution < -0.4 is 0 Å². The molecule has 0 fully saturated rings. The first kappa shape index (κ1) is 14.2. The van der Waals surface area contributed by atoms with Gasteiger partial charge in [0.25, 0.3) is 0 Å². The van der Waals surface area contributed by atoms with Crippen LogP contribution in [0.2, 0.25) is 0 Å². The second-order valence-electron chi connectivity index (χ2n) is 3.30. The molecule has 1 rings (SSSR count). The summed E-state index contributed by atoms with van der Waals surface area (Å²) in [7, 11) is 0. The molecule has 4 nitrogen and oxygen atoms in total. The molecule has 0 aliphatic rings. The van der Waals surface area contributed by atoms with Crippen LogP contribution >= 0.6 is 11.6 Å². The second kappa shape index (κ2) is 6.80. The number of aromatic nitrogens is 2. The lowest BCUT2D eigenvalue weighted by Gasteiger charge is -2.05. The van der Waals surface area contributed by atoms with Gasteiger partial charge in [0, 0.05) is 18.7 Å². The van der Waals surface area contributed by atoms with E-state index < -0.39 is 12.8 Å². The molecule has 0 saturated carbocycles. The summed E-state index contributed by atoms with van der Waals surface area (Å²) in [6.07, 6.45) is -2.85. The minimum absolute atomic E-state index is 0.101. The van der Waals surface area contributed by atoms with E-state index in [9.17, 15) is 13.2 Å². The van der Waals surface area contributed by atoms with Crippen molar-refractivity contribution in [2.45, 2.75) is 25.4 Å². The molecule has 0 spiro atoms. The number of halogens is 4. The molecule has 1 aromatic heterocycles. The van der Waals surface area contributed by atoms with Crippen molar-refractivity contribution in [1.29, 1.82) is 0 Å². The molecule has 0 atom stereocenters. The van der Waals surface area contributed by atoms with Gasteiger partial charge in [0.1, 0.15) is 6.61 Å². The standard InChI is InChI=1S/C9H12ClF3N2O2/c10-4-1-2-7-14-15-8(17-7)3-5-16-6-9(11,12)13/h1-6H2. The van der Waals surface area contributed by atoms with E-state index in [2.05, 4.69) is 14.9 Å². The Bertz CT molecular complexity index is 330. The van der Waals surface area contributed by atoms with Crippen molar-refractivity contribution in [2.75, 3.05) is 19.1 Å². The molecule has 1 aromatic rings. The molecule has 1 heterocycles. The van der Waals surface area contributed by atoms with Crippen LogP contribution in [0.25, 0.3) is 0 Å². The summed E-state index contributed by atoms with van der Waals surface area (Å²) in [5, 5.41) is 7.41. The molecule has 0 aliphatic carbocycles. The molecule has 98 valence electrons. The van der Waals surface area contributed by atoms with Gasteiger partial charge in [0.15, 0.2) is 0 Å². The van der Waals surface area contributed by atoms with Crippen LogP contribution in [0.3, 0.4) is 0 Å². The van der Waals surface area contributed by atoms with Crippen LogP contribution in [0, 0.1) is 0 Å². The van der Waals surface area contributed by atoms with Gasteiger partial charge in [-0.2, -0.15) is 13.2 Å². The van der Waals surface area contributed by atoms with Crippen molar-refractivity contribution < 1.29 is 22.3 Å². The van der Waals surface area contributed by atoms with E-state index in [0.29, 0.717) is 24.6 Å². The number of rotatable bonds is 7. The summed E-state index contributed by atoms with van der Waals surface area (Å²) in [5.41, 5.74) is 0. The van der Waals surface area contributed by atoms with Gasteiger partial charge >= 0.3 is 6.18 Å². The highest BCUT2D eigenvalue weighted by Crippen LogP contribution is 2.14. The Morgan fingerprint density at radius 3 is 2.41 bits per heavy atom. The Morgan fingerprint density at radius 2 is 1.82 bits per heavy atom. The topological polar surface area (TPSA) is 48.2 Å². The lowest BCUT2D eigenvalue weighted by atomic mass is 10.3. The van der Waals surface area contributed by atoms with E-state index in [1.165, 1.54) is 0 Å². The lowest BCUT2D eigenvalue weighted by molar-refractivity contribution is -0.173. The molecule has 0 aliphatic heterocycles. The zero-order valence-corrected chi connectivity index (χ0v) is 9.72. The molecule has 0 aromatic carbocycles. The van der Waals surface area contributed by atoms with Crippen LogP contribution in [0.4, 0.5) is 13.2 Å². The van der Waals surface area contributed by atoms with Gasteiger partial charge in [-0.3, -0.25) is 0 Å². The number of hydrogen-bond acceptors (Lipinski definition) is 4. The van der Waals surface area contributed by atoms with Crippen molar-refractivity contribution in [3.63, 3.8) is 0 Å². The Balaban J connectivity index is 2.21. The predicted octanol–water partition coefficient (Wildman–Crippen LogP) is 2.36. The maximum absolute atomic E-state index is 11.7. The van der Waals surface area contributed by atoms with E-state index in [4.69, 9.17) is 16.0 Å². The fourth-order valence-electron chi connectivity index (χ4n) is 1.06. The molecule has 0 amide bonds. The number of nitrogens with zero attached hydrogens (tertiary/aromatic N) is 2. The lowest BCUT2D eigenvalue weighted by Crippen LogP contribution is -2.18. The van der Waals surface area contributed by atoms with E-state index in [-0.39, 0.29) is 18.9 Å². The Kier molecular flexibility index (Phi) is 5.70. The van der Waals surface area contributed by atoms with Crippen molar-refractivity contribution in [3.05, 3.63) is 11.8 Å². The highest BCUT2D eigenvalue weighted by Gasteiger charge is 2.27. The third-order valence-corrected chi connectivity index (χ3v) is 2.03. The van der Waals surface area contributed by atoms with E-state index in [0.717, 1.165) is 0 Å². The molecule has 0 N–H and O–H groups in total. The Hall–Kier alpha value is -0.820. The summed E-state index contributed by atoms with van der Waals surface area (Å²) in [6, 6.07) is 0. The quantitative estimate of drug-likeness (QED) is 0.565. The van der Waals surface area contributed by atoms with Gasteiger partial charge in [-0.1, -0.05) is 0 Å². The first-order chi connectivity index (χ1) is 8.01. The highest BCUT2D eigenvalue weighted by atomic mass is 35.5. The van der Waals surface area contributed by atoms with Crippen LogP contribution in [0.15, 0.2) is 4.42 Å². The Labute approximate surface area is 101 Å². The zero-order valence-electron chi connectivity index (χ0n) is 8.97. The predicted molar refractivity (Wildman–Crippen MR) is 53.9 cm³/mol. The van der Waals surface area contributed by atoms with E-state index >= 15 is 0 Å². The van der Waals surface area contributed by atoms with Gasteiger partial charge in [0.05, 0.1) is 6.61 Å². The maximum Gasteiger partial charge on any atom is 0.411 e. The van der Waals surface area contributed by atoms with E-state index in [1.54, 1.807) is 0 Å². The largest absolute Gasteiger partial charge is 0.425 e. The summed E-state index contributed by atoms with van der Waals surface area (Å²) in [6.45, 7) is -1.36. The second-order valence-corrected chi connectivity index (χ2v) is 3.68. The molecule has 0 saturated heterocycles. The average Bonchev–Trinajstić information content (AvgIpc) is 2.68. The van der Waals surface area contributed by atoms with E-state index in [1.807, 2.05) is 0 Å². The number of hydrogen-bond donors (Lipinski definition) is 0. The monoisotopic (exact) mass is 272 g/mol. The fourth-order valence-corrected chi connectivity index (χ4v) is 1.19. The summed E-state index contributed by atoms with van der Waals surface area (Å²) < 4.78 is 44.8. The minimum Gasteiger partial charge on any atom is -0.425 e. The summed E-state index contributed by atoms with van der Waals surface area (Å²) in [4.78, 5) is 0. The van der Waals surface area contributed by atoms with Gasteiger partial charge < -0.3 is 9.15 Å². The average molecular weight is 273 g/mol. The van der Waals surface area contributed by atoms with Crippen molar-refractivity contribution in [2.24, 2.45) is 0 Å².